The summed E-state index contributed by atoms with van der Waals surface area (Å²) in [6.07, 6.45) is 0.967. The van der Waals surface area contributed by atoms with Crippen molar-refractivity contribution in [2.45, 2.75) is 18.9 Å². The van der Waals surface area contributed by atoms with Crippen molar-refractivity contribution in [2.75, 3.05) is 13.1 Å². The Labute approximate surface area is 92.4 Å². The molecule has 1 fully saturated rings. The minimum Gasteiger partial charge on any atom is -0.440 e. The molecule has 15 heavy (non-hydrogen) atoms. The van der Waals surface area contributed by atoms with Crippen molar-refractivity contribution in [3.63, 3.8) is 0 Å². The Morgan fingerprint density at radius 3 is 2.67 bits per heavy atom. The highest BCUT2D eigenvalue weighted by molar-refractivity contribution is 6.29. The lowest BCUT2D eigenvalue weighted by Crippen LogP contribution is -2.39. The third kappa shape index (κ3) is 2.33. The second-order valence-corrected chi connectivity index (χ2v) is 4.00. The van der Waals surface area contributed by atoms with Crippen molar-refractivity contribution < 1.29 is 14.3 Å². The fourth-order valence-corrected chi connectivity index (χ4v) is 1.80. The first kappa shape index (κ1) is 10.5. The van der Waals surface area contributed by atoms with Gasteiger partial charge in [-0.3, -0.25) is 4.79 Å². The first-order valence-corrected chi connectivity index (χ1v) is 5.27. The maximum atomic E-state index is 11.8. The summed E-state index contributed by atoms with van der Waals surface area (Å²) in [6, 6.07) is 3.11. The van der Waals surface area contributed by atoms with Gasteiger partial charge >= 0.3 is 0 Å². The van der Waals surface area contributed by atoms with Gasteiger partial charge in [0.05, 0.1) is 6.10 Å². The molecule has 5 heteroatoms. The van der Waals surface area contributed by atoms with Crippen LogP contribution in [0.3, 0.4) is 0 Å². The van der Waals surface area contributed by atoms with E-state index in [2.05, 4.69) is 0 Å². The number of carbonyl (C=O) groups is 1. The number of furan rings is 1. The molecule has 0 aromatic carbocycles. The van der Waals surface area contributed by atoms with Gasteiger partial charge in [-0.25, -0.2) is 0 Å². The smallest absolute Gasteiger partial charge is 0.289 e. The molecule has 1 aromatic heterocycles. The number of aliphatic hydroxyl groups is 1. The Hall–Kier alpha value is -1.00. The summed E-state index contributed by atoms with van der Waals surface area (Å²) in [6.45, 7) is 1.14. The standard InChI is InChI=1S/C10H12ClNO3/c11-9-2-1-8(15-9)10(14)12-5-3-7(13)4-6-12/h1-2,7,13H,3-6H2. The maximum Gasteiger partial charge on any atom is 0.289 e. The van der Waals surface area contributed by atoms with Gasteiger partial charge < -0.3 is 14.4 Å². The van der Waals surface area contributed by atoms with Gasteiger partial charge in [0.1, 0.15) is 0 Å². The Morgan fingerprint density at radius 1 is 1.47 bits per heavy atom. The maximum absolute atomic E-state index is 11.8. The van der Waals surface area contributed by atoms with E-state index in [1.165, 1.54) is 0 Å². The molecule has 1 aromatic rings. The van der Waals surface area contributed by atoms with Crippen LogP contribution in [0.4, 0.5) is 0 Å². The number of carbonyl (C=O) groups excluding carboxylic acids is 1. The number of likely N-dealkylation sites (tertiary alicyclic amines) is 1. The van der Waals surface area contributed by atoms with Crippen LogP contribution in [-0.2, 0) is 0 Å². The van der Waals surface area contributed by atoms with Gasteiger partial charge in [-0.15, -0.1) is 0 Å². The Bertz CT molecular complexity index is 355. The third-order valence-electron chi connectivity index (χ3n) is 2.54. The summed E-state index contributed by atoms with van der Waals surface area (Å²) >= 11 is 5.59. The number of amides is 1. The van der Waals surface area contributed by atoms with Gasteiger partial charge in [0.15, 0.2) is 11.0 Å². The first-order chi connectivity index (χ1) is 7.16. The quantitative estimate of drug-likeness (QED) is 0.795. The number of hydrogen-bond acceptors (Lipinski definition) is 3. The Kier molecular flexibility index (Phi) is 2.98. The highest BCUT2D eigenvalue weighted by Crippen LogP contribution is 2.17. The van der Waals surface area contributed by atoms with Crippen LogP contribution >= 0.6 is 11.6 Å². The highest BCUT2D eigenvalue weighted by atomic mass is 35.5. The molecule has 1 saturated heterocycles. The van der Waals surface area contributed by atoms with Crippen molar-refractivity contribution in [1.82, 2.24) is 4.90 Å². The number of halogens is 1. The van der Waals surface area contributed by atoms with E-state index in [9.17, 15) is 9.90 Å². The minimum atomic E-state index is -0.283. The summed E-state index contributed by atoms with van der Waals surface area (Å²) < 4.78 is 5.04. The van der Waals surface area contributed by atoms with Crippen LogP contribution in [0.2, 0.25) is 5.22 Å². The number of rotatable bonds is 1. The first-order valence-electron chi connectivity index (χ1n) is 4.89. The largest absolute Gasteiger partial charge is 0.440 e. The molecule has 1 amide bonds. The number of aliphatic hydroxyl groups excluding tert-OH is 1. The van der Waals surface area contributed by atoms with E-state index in [0.717, 1.165) is 0 Å². The molecular weight excluding hydrogens is 218 g/mol. The molecule has 0 atom stereocenters. The Morgan fingerprint density at radius 2 is 2.13 bits per heavy atom. The fourth-order valence-electron chi connectivity index (χ4n) is 1.65. The van der Waals surface area contributed by atoms with Gasteiger partial charge in [-0.2, -0.15) is 0 Å². The number of nitrogens with zero attached hydrogens (tertiary/aromatic N) is 1. The van der Waals surface area contributed by atoms with Crippen LogP contribution in [0.5, 0.6) is 0 Å². The molecule has 82 valence electrons. The normalized spacial score (nSPS) is 18.1. The van der Waals surface area contributed by atoms with Gasteiger partial charge in [-0.05, 0) is 36.6 Å². The average molecular weight is 230 g/mol. The molecule has 2 rings (SSSR count). The zero-order chi connectivity index (χ0) is 10.8. The van der Waals surface area contributed by atoms with E-state index in [4.69, 9.17) is 16.0 Å². The molecule has 0 aliphatic carbocycles. The molecule has 1 aliphatic heterocycles. The van der Waals surface area contributed by atoms with Crippen molar-refractivity contribution in [1.29, 1.82) is 0 Å². The van der Waals surface area contributed by atoms with Crippen molar-refractivity contribution in [2.24, 2.45) is 0 Å². The second kappa shape index (κ2) is 4.24. The number of hydrogen-bond donors (Lipinski definition) is 1. The van der Waals surface area contributed by atoms with Crippen LogP contribution in [0, 0.1) is 0 Å². The zero-order valence-electron chi connectivity index (χ0n) is 8.15. The molecule has 1 N–H and O–H groups in total. The zero-order valence-corrected chi connectivity index (χ0v) is 8.91. The lowest BCUT2D eigenvalue weighted by atomic mass is 10.1. The second-order valence-electron chi connectivity index (χ2n) is 3.63. The summed E-state index contributed by atoms with van der Waals surface area (Å²) in [5, 5.41) is 9.52. The molecule has 0 radical (unpaired) electrons. The van der Waals surface area contributed by atoms with E-state index >= 15 is 0 Å². The van der Waals surface area contributed by atoms with Crippen LogP contribution in [0.15, 0.2) is 16.5 Å². The van der Waals surface area contributed by atoms with Crippen LogP contribution in [0.1, 0.15) is 23.4 Å². The van der Waals surface area contributed by atoms with Gasteiger partial charge in [0, 0.05) is 13.1 Å². The molecule has 0 saturated carbocycles. The predicted molar refractivity (Wildman–Crippen MR) is 54.9 cm³/mol. The molecule has 2 heterocycles. The number of piperidine rings is 1. The van der Waals surface area contributed by atoms with Gasteiger partial charge in [0.2, 0.25) is 0 Å². The van der Waals surface area contributed by atoms with E-state index in [1.807, 2.05) is 0 Å². The molecule has 0 bridgehead atoms. The summed E-state index contributed by atoms with van der Waals surface area (Å²) in [7, 11) is 0. The van der Waals surface area contributed by atoms with Crippen molar-refractivity contribution >= 4 is 17.5 Å². The van der Waals surface area contributed by atoms with E-state index < -0.39 is 0 Å². The summed E-state index contributed by atoms with van der Waals surface area (Å²) in [4.78, 5) is 13.5. The lowest BCUT2D eigenvalue weighted by molar-refractivity contribution is 0.0520. The van der Waals surface area contributed by atoms with E-state index in [0.29, 0.717) is 25.9 Å². The topological polar surface area (TPSA) is 53.7 Å². The van der Waals surface area contributed by atoms with Crippen LogP contribution < -0.4 is 0 Å². The Balaban J connectivity index is 2.02. The molecule has 4 nitrogen and oxygen atoms in total. The van der Waals surface area contributed by atoms with Gasteiger partial charge in [-0.1, -0.05) is 0 Å². The average Bonchev–Trinajstić information content (AvgIpc) is 2.65. The highest BCUT2D eigenvalue weighted by Gasteiger charge is 2.24. The summed E-state index contributed by atoms with van der Waals surface area (Å²) in [5.74, 6) is 0.102. The minimum absolute atomic E-state index is 0.159. The molecule has 1 aliphatic rings. The molecular formula is C10H12ClNO3. The monoisotopic (exact) mass is 229 g/mol. The van der Waals surface area contributed by atoms with Crippen LogP contribution in [0.25, 0.3) is 0 Å². The molecule has 0 unspecified atom stereocenters. The van der Waals surface area contributed by atoms with E-state index in [1.54, 1.807) is 17.0 Å². The predicted octanol–water partition coefficient (Wildman–Crippen LogP) is 1.53. The van der Waals surface area contributed by atoms with E-state index in [-0.39, 0.29) is 23.0 Å². The SMILES string of the molecule is O=C(c1ccc(Cl)o1)N1CCC(O)CC1. The third-order valence-corrected chi connectivity index (χ3v) is 2.74. The van der Waals surface area contributed by atoms with Gasteiger partial charge in [0.25, 0.3) is 5.91 Å². The van der Waals surface area contributed by atoms with Crippen molar-refractivity contribution in [3.8, 4) is 0 Å². The van der Waals surface area contributed by atoms with Crippen molar-refractivity contribution in [3.05, 3.63) is 23.1 Å². The summed E-state index contributed by atoms with van der Waals surface area (Å²) in [5.41, 5.74) is 0. The fraction of sp³-hybridized carbons (Fsp3) is 0.500. The lowest BCUT2D eigenvalue weighted by Gasteiger charge is -2.28. The van der Waals surface area contributed by atoms with Crippen LogP contribution in [-0.4, -0.2) is 35.1 Å². The molecule has 0 spiro atoms.